The Labute approximate surface area is 240 Å². The number of aromatic nitrogens is 6. The van der Waals surface area contributed by atoms with Crippen molar-refractivity contribution in [1.29, 1.82) is 0 Å². The summed E-state index contributed by atoms with van der Waals surface area (Å²) in [4.78, 5) is 45.8. The van der Waals surface area contributed by atoms with Crippen LogP contribution in [-0.4, -0.2) is 53.9 Å². The van der Waals surface area contributed by atoms with E-state index in [9.17, 15) is 33.9 Å². The molecule has 0 saturated carbocycles. The molecule has 0 aromatic carbocycles. The number of phosphoric acid groups is 1. The Hall–Kier alpha value is -0.460. The summed E-state index contributed by atoms with van der Waals surface area (Å²) < 4.78 is 41.0. The molecule has 3 aromatic rings. The van der Waals surface area contributed by atoms with Crippen molar-refractivity contribution in [1.82, 2.24) is 23.9 Å². The summed E-state index contributed by atoms with van der Waals surface area (Å²) in [6, 6.07) is 0. The molecular weight excluding hydrogens is 534 g/mol. The van der Waals surface area contributed by atoms with Gasteiger partial charge in [-0.15, -0.1) is 0 Å². The van der Waals surface area contributed by atoms with Gasteiger partial charge in [-0.3, -0.25) is 32.1 Å². The summed E-state index contributed by atoms with van der Waals surface area (Å²) in [5.41, 5.74) is 5.04. The molecule has 1 aliphatic heterocycles. The van der Waals surface area contributed by atoms with E-state index in [1.165, 1.54) is 22.5 Å². The van der Waals surface area contributed by atoms with Crippen molar-refractivity contribution in [3.8, 4) is 0 Å². The van der Waals surface area contributed by atoms with Crippen LogP contribution in [0.25, 0.3) is 11.2 Å². The Kier molecular flexibility index (Phi) is 10.1. The number of aryl methyl sites for hydroxylation is 1. The first-order valence-electron chi connectivity index (χ1n) is 9.12. The quantitative estimate of drug-likeness (QED) is 0.140. The molecule has 6 atom stereocenters. The molecule has 4 heterocycles. The van der Waals surface area contributed by atoms with E-state index in [4.69, 9.17) is 10.5 Å². The van der Waals surface area contributed by atoms with E-state index in [0.29, 0.717) is 4.34 Å². The third-order valence-electron chi connectivity index (χ3n) is 4.75. The van der Waals surface area contributed by atoms with Gasteiger partial charge in [0.05, 0.1) is 19.8 Å². The van der Waals surface area contributed by atoms with Gasteiger partial charge in [-0.2, -0.15) is 0 Å². The fraction of sp³-hybridized carbons (Fsp3) is 0.429. The van der Waals surface area contributed by atoms with Gasteiger partial charge < -0.3 is 35.0 Å². The summed E-state index contributed by atoms with van der Waals surface area (Å²) in [5, 5.41) is 22.9. The van der Waals surface area contributed by atoms with Crippen LogP contribution in [0.2, 0.25) is 0 Å². The third kappa shape index (κ3) is 6.34. The number of aliphatic hydroxyl groups excluding tert-OH is 1. The van der Waals surface area contributed by atoms with Crippen LogP contribution < -0.4 is 89.9 Å². The van der Waals surface area contributed by atoms with Crippen LogP contribution >= 0.6 is 15.6 Å². The van der Waals surface area contributed by atoms with Crippen LogP contribution in [0.15, 0.2) is 29.8 Å². The van der Waals surface area contributed by atoms with Gasteiger partial charge in [-0.1, -0.05) is 4.98 Å². The standard InChI is InChI=1S/C14H19N7O10P2.2Na/c1-19-6-21(11-8(19)12(24)18-14(15)17-11)13-10(23)9(22)7(30-13)4-29-33(27,28)31-32(25,26)20-3-2-16-5-20;;/h2-3,5-7,9-10,13,22H,4H2,1H3,(H,25,26)(H,27,28)(H3,15,17,18,24);;/q;2*+1/p-2/t7-,9-,10-,13-;;/m1../s1. The maximum absolute atomic E-state index is 12.6. The van der Waals surface area contributed by atoms with Crippen LogP contribution in [0.3, 0.4) is 0 Å². The Morgan fingerprint density at radius 1 is 1.37 bits per heavy atom. The molecule has 1 fully saturated rings. The minimum absolute atomic E-state index is 0. The number of fused-ring (bicyclic) bond motifs is 1. The van der Waals surface area contributed by atoms with Crippen LogP contribution in [0.1, 0.15) is 6.23 Å². The van der Waals surface area contributed by atoms with Gasteiger partial charge in [0.2, 0.25) is 13.3 Å². The third-order valence-corrected chi connectivity index (χ3v) is 7.64. The first-order valence-corrected chi connectivity index (χ1v) is 12.1. The Bertz CT molecular complexity index is 1330. The molecule has 0 aliphatic carbocycles. The Morgan fingerprint density at radius 2 is 2.06 bits per heavy atom. The summed E-state index contributed by atoms with van der Waals surface area (Å²) in [7, 11) is -9.06. The van der Waals surface area contributed by atoms with E-state index in [0.717, 1.165) is 18.7 Å². The number of aromatic amines is 1. The molecule has 21 heteroatoms. The number of aliphatic hydroxyl groups is 1. The number of H-pyrrole nitrogens is 1. The molecule has 2 unspecified atom stereocenters. The molecule has 0 bridgehead atoms. The van der Waals surface area contributed by atoms with E-state index in [1.807, 2.05) is 0 Å². The smallest absolute Gasteiger partial charge is 0.846 e. The molecule has 35 heavy (non-hydrogen) atoms. The molecule has 180 valence electrons. The predicted octanol–water partition coefficient (Wildman–Crippen LogP) is -10.2. The second-order valence-electron chi connectivity index (χ2n) is 7.01. The molecular formula is C14H17N7Na2O10P2. The van der Waals surface area contributed by atoms with Gasteiger partial charge in [0.25, 0.3) is 19.3 Å². The van der Waals surface area contributed by atoms with Crippen LogP contribution in [0.5, 0.6) is 0 Å². The molecule has 17 nitrogen and oxygen atoms in total. The number of hydrogen-bond acceptors (Lipinski definition) is 13. The normalized spacial score (nSPS) is 25.4. The number of anilines is 1. The number of phosphoric ester groups is 1. The fourth-order valence-electron chi connectivity index (χ4n) is 3.29. The number of ether oxygens (including phenoxy) is 1. The number of nitrogen functional groups attached to an aromatic ring is 1. The average Bonchev–Trinajstić information content (AvgIpc) is 3.41. The summed E-state index contributed by atoms with van der Waals surface area (Å²) in [5.74, 6) is -0.224. The molecule has 4 rings (SSSR count). The first-order chi connectivity index (χ1) is 15.4. The minimum atomic E-state index is -5.45. The molecule has 0 radical (unpaired) electrons. The number of hydrogen-bond donors (Lipinski definition) is 3. The van der Waals surface area contributed by atoms with Crippen molar-refractivity contribution in [2.45, 2.75) is 24.5 Å². The SMILES string of the molecule is Cn1c[n+]([C@@H]2O[C@H](COP(=O)([O-])OP(=O)([O-])n3ccnc3)[C@@H](O)[C@H]2[O-])c2nc(N)[nH]c(=O)c21.[Na+].[Na+]. The number of nitrogens with two attached hydrogens (primary N) is 1. The second kappa shape index (κ2) is 11.5. The number of imidazole rings is 2. The molecule has 4 N–H and O–H groups in total. The molecule has 0 spiro atoms. The average molecular weight is 551 g/mol. The number of nitrogens with zero attached hydrogens (tertiary/aromatic N) is 5. The van der Waals surface area contributed by atoms with Gasteiger partial charge >= 0.3 is 64.8 Å². The maximum Gasteiger partial charge on any atom is 1.00 e. The molecule has 0 amide bonds. The number of rotatable bonds is 7. The van der Waals surface area contributed by atoms with E-state index < -0.39 is 52.3 Å². The largest absolute Gasteiger partial charge is 1.00 e. The van der Waals surface area contributed by atoms with Crippen molar-refractivity contribution < 1.29 is 106 Å². The number of nitrogens with one attached hydrogen (secondary N) is 1. The van der Waals surface area contributed by atoms with Crippen molar-refractivity contribution >= 4 is 32.7 Å². The maximum atomic E-state index is 12.6. The Balaban J connectivity index is 0.00000216. The summed E-state index contributed by atoms with van der Waals surface area (Å²) >= 11 is 0. The zero-order valence-corrected chi connectivity index (χ0v) is 24.4. The fourth-order valence-corrected chi connectivity index (χ4v) is 5.56. The van der Waals surface area contributed by atoms with E-state index in [-0.39, 0.29) is 76.2 Å². The molecule has 3 aromatic heterocycles. The van der Waals surface area contributed by atoms with Crippen molar-refractivity contribution in [2.24, 2.45) is 7.05 Å². The summed E-state index contributed by atoms with van der Waals surface area (Å²) in [6.07, 6.45) is -2.36. The van der Waals surface area contributed by atoms with Crippen LogP contribution in [0, 0.1) is 0 Å². The van der Waals surface area contributed by atoms with Gasteiger partial charge in [0.15, 0.2) is 12.6 Å². The van der Waals surface area contributed by atoms with Crippen LogP contribution in [0.4, 0.5) is 5.95 Å². The zero-order valence-electron chi connectivity index (χ0n) is 18.7. The van der Waals surface area contributed by atoms with Gasteiger partial charge in [0, 0.05) is 12.4 Å². The Morgan fingerprint density at radius 3 is 2.69 bits per heavy atom. The second-order valence-corrected chi connectivity index (χ2v) is 10.2. The zero-order chi connectivity index (χ0) is 24.1. The van der Waals surface area contributed by atoms with Gasteiger partial charge in [-0.05, 0) is 6.10 Å². The molecule has 1 saturated heterocycles. The van der Waals surface area contributed by atoms with E-state index in [1.54, 1.807) is 0 Å². The summed E-state index contributed by atoms with van der Waals surface area (Å²) in [6.45, 7) is -0.928. The van der Waals surface area contributed by atoms with Crippen molar-refractivity contribution in [3.05, 3.63) is 35.4 Å². The van der Waals surface area contributed by atoms with E-state index >= 15 is 0 Å². The monoisotopic (exact) mass is 551 g/mol. The first kappa shape index (κ1) is 30.8. The van der Waals surface area contributed by atoms with Crippen molar-refractivity contribution in [2.75, 3.05) is 12.3 Å². The minimum Gasteiger partial charge on any atom is -0.846 e. The van der Waals surface area contributed by atoms with Crippen molar-refractivity contribution in [3.63, 3.8) is 0 Å². The van der Waals surface area contributed by atoms with Gasteiger partial charge in [-0.25, -0.2) is 9.55 Å². The molecule has 1 aliphatic rings. The van der Waals surface area contributed by atoms with E-state index in [2.05, 4.69) is 23.8 Å². The van der Waals surface area contributed by atoms with Crippen LogP contribution in [-0.2, 0) is 29.7 Å². The topological polar surface area (TPSA) is 250 Å². The predicted molar refractivity (Wildman–Crippen MR) is 99.5 cm³/mol. The van der Waals surface area contributed by atoms with Gasteiger partial charge in [0.1, 0.15) is 12.4 Å².